The van der Waals surface area contributed by atoms with E-state index < -0.39 is 0 Å². The number of fused-ring (bicyclic) bond motifs is 1. The standard InChI is InChI=1S/C10H10BrN3O/c1-2-3-6-15-10-9-12-4-5-14(9)7-8(11)13-10/h2,4-5,7H,1,3,6H2. The van der Waals surface area contributed by atoms with Gasteiger partial charge < -0.3 is 4.74 Å². The Morgan fingerprint density at radius 2 is 2.47 bits per heavy atom. The summed E-state index contributed by atoms with van der Waals surface area (Å²) in [5.41, 5.74) is 0.724. The third kappa shape index (κ3) is 2.18. The van der Waals surface area contributed by atoms with Gasteiger partial charge in [0.25, 0.3) is 5.88 Å². The van der Waals surface area contributed by atoms with Gasteiger partial charge in [0.2, 0.25) is 5.65 Å². The maximum atomic E-state index is 5.50. The van der Waals surface area contributed by atoms with Crippen LogP contribution in [0.4, 0.5) is 0 Å². The summed E-state index contributed by atoms with van der Waals surface area (Å²) >= 11 is 3.32. The number of hydrogen-bond acceptors (Lipinski definition) is 3. The first-order valence-corrected chi connectivity index (χ1v) is 5.33. The normalized spacial score (nSPS) is 10.5. The second-order valence-electron chi connectivity index (χ2n) is 2.95. The molecule has 0 fully saturated rings. The van der Waals surface area contributed by atoms with Crippen molar-refractivity contribution in [3.63, 3.8) is 0 Å². The number of halogens is 1. The molecule has 2 aromatic heterocycles. The Morgan fingerprint density at radius 1 is 1.60 bits per heavy atom. The van der Waals surface area contributed by atoms with Crippen molar-refractivity contribution in [3.05, 3.63) is 35.8 Å². The van der Waals surface area contributed by atoms with Crippen molar-refractivity contribution >= 4 is 21.6 Å². The predicted molar refractivity (Wildman–Crippen MR) is 61.0 cm³/mol. The summed E-state index contributed by atoms with van der Waals surface area (Å²) in [7, 11) is 0. The quantitative estimate of drug-likeness (QED) is 0.631. The topological polar surface area (TPSA) is 39.4 Å². The minimum absolute atomic E-state index is 0.538. The van der Waals surface area contributed by atoms with E-state index >= 15 is 0 Å². The van der Waals surface area contributed by atoms with Gasteiger partial charge >= 0.3 is 0 Å². The zero-order valence-corrected chi connectivity index (χ0v) is 9.64. The molecule has 0 unspecified atom stereocenters. The van der Waals surface area contributed by atoms with E-state index in [4.69, 9.17) is 4.74 Å². The molecule has 0 aliphatic rings. The summed E-state index contributed by atoms with van der Waals surface area (Å²) < 4.78 is 8.09. The zero-order chi connectivity index (χ0) is 10.7. The Morgan fingerprint density at radius 3 is 3.27 bits per heavy atom. The Hall–Kier alpha value is -1.36. The van der Waals surface area contributed by atoms with Crippen LogP contribution in [0.2, 0.25) is 0 Å². The van der Waals surface area contributed by atoms with Crippen molar-refractivity contribution in [1.82, 2.24) is 14.4 Å². The van der Waals surface area contributed by atoms with E-state index in [1.165, 1.54) is 0 Å². The lowest BCUT2D eigenvalue weighted by atomic mass is 10.4. The summed E-state index contributed by atoms with van der Waals surface area (Å²) in [6.07, 6.45) is 8.00. The second-order valence-corrected chi connectivity index (χ2v) is 3.77. The molecule has 0 radical (unpaired) electrons. The molecule has 2 rings (SSSR count). The number of ether oxygens (including phenoxy) is 1. The molecule has 15 heavy (non-hydrogen) atoms. The molecule has 0 spiro atoms. The maximum absolute atomic E-state index is 5.50. The third-order valence-electron chi connectivity index (χ3n) is 1.87. The van der Waals surface area contributed by atoms with Gasteiger partial charge in [0.1, 0.15) is 4.60 Å². The van der Waals surface area contributed by atoms with Crippen LogP contribution in [-0.4, -0.2) is 21.0 Å². The van der Waals surface area contributed by atoms with Crippen LogP contribution in [-0.2, 0) is 0 Å². The lowest BCUT2D eigenvalue weighted by Gasteiger charge is -2.05. The molecular formula is C10H10BrN3O. The second kappa shape index (κ2) is 4.44. The first kappa shape index (κ1) is 10.2. The summed E-state index contributed by atoms with van der Waals surface area (Å²) in [6, 6.07) is 0. The van der Waals surface area contributed by atoms with Crippen molar-refractivity contribution < 1.29 is 4.74 Å². The lowest BCUT2D eigenvalue weighted by molar-refractivity contribution is 0.314. The SMILES string of the molecule is C=CCCOc1nc(Br)cn2ccnc12. The highest BCUT2D eigenvalue weighted by Gasteiger charge is 2.06. The average molecular weight is 268 g/mol. The average Bonchev–Trinajstić information content (AvgIpc) is 2.65. The number of nitrogens with zero attached hydrogens (tertiary/aromatic N) is 3. The van der Waals surface area contributed by atoms with Gasteiger partial charge in [-0.1, -0.05) is 6.08 Å². The number of aromatic nitrogens is 3. The number of hydrogen-bond donors (Lipinski definition) is 0. The van der Waals surface area contributed by atoms with Gasteiger partial charge in [-0.3, -0.25) is 4.40 Å². The van der Waals surface area contributed by atoms with Crippen LogP contribution < -0.4 is 4.74 Å². The highest BCUT2D eigenvalue weighted by Crippen LogP contribution is 2.18. The third-order valence-corrected chi connectivity index (χ3v) is 2.26. The zero-order valence-electron chi connectivity index (χ0n) is 8.06. The molecule has 0 bridgehead atoms. The minimum Gasteiger partial charge on any atom is -0.475 e. The molecule has 2 heterocycles. The van der Waals surface area contributed by atoms with Crippen LogP contribution in [0, 0.1) is 0 Å². The first-order valence-electron chi connectivity index (χ1n) is 4.54. The molecule has 0 atom stereocenters. The van der Waals surface area contributed by atoms with Crippen molar-refractivity contribution in [2.45, 2.75) is 6.42 Å². The molecule has 0 saturated carbocycles. The summed E-state index contributed by atoms with van der Waals surface area (Å²) in [5.74, 6) is 0.538. The van der Waals surface area contributed by atoms with Gasteiger partial charge in [-0.05, 0) is 22.4 Å². The van der Waals surface area contributed by atoms with Crippen LogP contribution in [0.15, 0.2) is 35.8 Å². The van der Waals surface area contributed by atoms with Crippen LogP contribution in [0.3, 0.4) is 0 Å². The van der Waals surface area contributed by atoms with Gasteiger partial charge in [-0.15, -0.1) is 6.58 Å². The van der Waals surface area contributed by atoms with Crippen LogP contribution >= 0.6 is 15.9 Å². The molecule has 0 aliphatic heterocycles. The first-order chi connectivity index (χ1) is 7.31. The van der Waals surface area contributed by atoms with Gasteiger partial charge in [-0.25, -0.2) is 9.97 Å². The highest BCUT2D eigenvalue weighted by atomic mass is 79.9. The molecule has 0 N–H and O–H groups in total. The summed E-state index contributed by atoms with van der Waals surface area (Å²) in [4.78, 5) is 8.39. The van der Waals surface area contributed by atoms with Crippen LogP contribution in [0.1, 0.15) is 6.42 Å². The molecule has 78 valence electrons. The van der Waals surface area contributed by atoms with E-state index in [-0.39, 0.29) is 0 Å². The van der Waals surface area contributed by atoms with Crippen LogP contribution in [0.5, 0.6) is 5.88 Å². The molecular weight excluding hydrogens is 258 g/mol. The molecule has 2 aromatic rings. The Bertz CT molecular complexity index is 480. The van der Waals surface area contributed by atoms with Crippen molar-refractivity contribution in [3.8, 4) is 5.88 Å². The van der Waals surface area contributed by atoms with Gasteiger partial charge in [-0.2, -0.15) is 0 Å². The van der Waals surface area contributed by atoms with E-state index in [1.807, 2.05) is 16.8 Å². The summed E-state index contributed by atoms with van der Waals surface area (Å²) in [6.45, 7) is 4.20. The molecule has 0 amide bonds. The fourth-order valence-corrected chi connectivity index (χ4v) is 1.59. The fourth-order valence-electron chi connectivity index (χ4n) is 1.21. The van der Waals surface area contributed by atoms with Gasteiger partial charge in [0.15, 0.2) is 0 Å². The van der Waals surface area contributed by atoms with E-state index in [1.54, 1.807) is 12.3 Å². The summed E-state index contributed by atoms with van der Waals surface area (Å²) in [5, 5.41) is 0. The molecule has 0 aliphatic carbocycles. The monoisotopic (exact) mass is 267 g/mol. The Balaban J connectivity index is 2.31. The number of rotatable bonds is 4. The molecule has 5 heteroatoms. The van der Waals surface area contributed by atoms with E-state index in [9.17, 15) is 0 Å². The fraction of sp³-hybridized carbons (Fsp3) is 0.200. The minimum atomic E-state index is 0.538. The van der Waals surface area contributed by atoms with E-state index in [2.05, 4.69) is 32.5 Å². The van der Waals surface area contributed by atoms with Crippen molar-refractivity contribution in [1.29, 1.82) is 0 Å². The molecule has 0 saturated heterocycles. The van der Waals surface area contributed by atoms with Crippen molar-refractivity contribution in [2.24, 2.45) is 0 Å². The van der Waals surface area contributed by atoms with E-state index in [0.717, 1.165) is 16.7 Å². The van der Waals surface area contributed by atoms with E-state index in [0.29, 0.717) is 12.5 Å². The van der Waals surface area contributed by atoms with Gasteiger partial charge in [0.05, 0.1) is 6.61 Å². The number of imidazole rings is 1. The molecule has 4 nitrogen and oxygen atoms in total. The van der Waals surface area contributed by atoms with Crippen molar-refractivity contribution in [2.75, 3.05) is 6.61 Å². The van der Waals surface area contributed by atoms with Crippen LogP contribution in [0.25, 0.3) is 5.65 Å². The highest BCUT2D eigenvalue weighted by molar-refractivity contribution is 9.10. The Kier molecular flexibility index (Phi) is 3.01. The maximum Gasteiger partial charge on any atom is 0.259 e. The smallest absolute Gasteiger partial charge is 0.259 e. The molecule has 0 aromatic carbocycles. The van der Waals surface area contributed by atoms with Gasteiger partial charge in [0, 0.05) is 18.6 Å². The predicted octanol–water partition coefficient (Wildman–Crippen LogP) is 2.45. The largest absolute Gasteiger partial charge is 0.475 e. The Labute approximate surface area is 95.7 Å². The lowest BCUT2D eigenvalue weighted by Crippen LogP contribution is -2.01.